The van der Waals surface area contributed by atoms with E-state index in [0.29, 0.717) is 0 Å². The van der Waals surface area contributed by atoms with Gasteiger partial charge in [-0.3, -0.25) is 0 Å². The zero-order valence-corrected chi connectivity index (χ0v) is 8.53. The highest BCUT2D eigenvalue weighted by atomic mass is 16.1. The number of hydrogen-bond donors (Lipinski definition) is 0. The molecule has 4 nitrogen and oxygen atoms in total. The lowest BCUT2D eigenvalue weighted by molar-refractivity contribution is 0.528. The first kappa shape index (κ1) is 12.8. The van der Waals surface area contributed by atoms with Crippen molar-refractivity contribution < 1.29 is 9.59 Å². The summed E-state index contributed by atoms with van der Waals surface area (Å²) in [7, 11) is 0. The summed E-state index contributed by atoms with van der Waals surface area (Å²) < 4.78 is 0. The van der Waals surface area contributed by atoms with Gasteiger partial charge in [0.05, 0.1) is 12.6 Å². The number of isocyanates is 2. The van der Waals surface area contributed by atoms with Gasteiger partial charge in [-0.05, 0) is 6.42 Å². The van der Waals surface area contributed by atoms with Crippen LogP contribution in [0.1, 0.15) is 39.0 Å². The molecule has 0 aliphatic heterocycles. The van der Waals surface area contributed by atoms with E-state index in [2.05, 4.69) is 16.9 Å². The van der Waals surface area contributed by atoms with Crippen LogP contribution in [0.5, 0.6) is 0 Å². The quantitative estimate of drug-likeness (QED) is 0.338. The van der Waals surface area contributed by atoms with Crippen LogP contribution in [0.4, 0.5) is 0 Å². The SMILES string of the molecule is CCCCCCC(CN=C=O)N=C=O. The van der Waals surface area contributed by atoms with Gasteiger partial charge in [0.1, 0.15) is 0 Å². The predicted octanol–water partition coefficient (Wildman–Crippen LogP) is 2.00. The molecule has 0 amide bonds. The molecule has 14 heavy (non-hydrogen) atoms. The van der Waals surface area contributed by atoms with E-state index in [0.717, 1.165) is 19.3 Å². The molecule has 0 aliphatic carbocycles. The Morgan fingerprint density at radius 3 is 2.50 bits per heavy atom. The summed E-state index contributed by atoms with van der Waals surface area (Å²) in [5, 5.41) is 0. The first-order valence-electron chi connectivity index (χ1n) is 4.95. The lowest BCUT2D eigenvalue weighted by Crippen LogP contribution is -2.08. The Balaban J connectivity index is 3.72. The monoisotopic (exact) mass is 196 g/mol. The molecule has 0 N–H and O–H groups in total. The van der Waals surface area contributed by atoms with E-state index >= 15 is 0 Å². The number of rotatable bonds is 8. The van der Waals surface area contributed by atoms with Crippen LogP contribution in [0.3, 0.4) is 0 Å². The molecule has 0 heterocycles. The van der Waals surface area contributed by atoms with E-state index < -0.39 is 0 Å². The summed E-state index contributed by atoms with van der Waals surface area (Å²) in [5.74, 6) is 0. The molecule has 78 valence electrons. The number of unbranched alkanes of at least 4 members (excludes halogenated alkanes) is 3. The molecule has 0 aromatic heterocycles. The first-order chi connectivity index (χ1) is 6.85. The van der Waals surface area contributed by atoms with Crippen LogP contribution >= 0.6 is 0 Å². The minimum atomic E-state index is -0.189. The van der Waals surface area contributed by atoms with Crippen LogP contribution in [-0.4, -0.2) is 24.7 Å². The molecular formula is C10H16N2O2. The van der Waals surface area contributed by atoms with E-state index in [4.69, 9.17) is 0 Å². The van der Waals surface area contributed by atoms with Crippen LogP contribution in [0.2, 0.25) is 0 Å². The van der Waals surface area contributed by atoms with Crippen molar-refractivity contribution in [2.75, 3.05) is 6.54 Å². The molecule has 0 bridgehead atoms. The van der Waals surface area contributed by atoms with Gasteiger partial charge in [0.15, 0.2) is 0 Å². The summed E-state index contributed by atoms with van der Waals surface area (Å²) in [5.41, 5.74) is 0. The average molecular weight is 196 g/mol. The molecule has 0 saturated carbocycles. The number of hydrogen-bond acceptors (Lipinski definition) is 4. The minimum Gasteiger partial charge on any atom is -0.211 e. The molecular weight excluding hydrogens is 180 g/mol. The van der Waals surface area contributed by atoms with Crippen LogP contribution in [0, 0.1) is 0 Å². The second kappa shape index (κ2) is 9.85. The van der Waals surface area contributed by atoms with Crippen molar-refractivity contribution in [3.8, 4) is 0 Å². The third-order valence-corrected chi connectivity index (χ3v) is 1.99. The van der Waals surface area contributed by atoms with Gasteiger partial charge in [-0.1, -0.05) is 32.6 Å². The maximum atomic E-state index is 10.0. The standard InChI is InChI=1S/C10H16N2O2/c1-2-3-4-5-6-10(12-9-14)7-11-8-13/h10H,2-7H2,1H3. The number of aliphatic imine (C=N–C) groups is 2. The normalized spacial score (nSPS) is 11.2. The highest BCUT2D eigenvalue weighted by molar-refractivity contribution is 5.35. The number of nitrogens with zero attached hydrogens (tertiary/aromatic N) is 2. The van der Waals surface area contributed by atoms with E-state index in [1.165, 1.54) is 25.0 Å². The maximum absolute atomic E-state index is 10.0. The van der Waals surface area contributed by atoms with Gasteiger partial charge in [-0.15, -0.1) is 0 Å². The lowest BCUT2D eigenvalue weighted by atomic mass is 10.1. The second-order valence-corrected chi connectivity index (χ2v) is 3.16. The smallest absolute Gasteiger partial charge is 0.211 e. The van der Waals surface area contributed by atoms with Crippen molar-refractivity contribution in [3.63, 3.8) is 0 Å². The molecule has 0 radical (unpaired) electrons. The zero-order chi connectivity index (χ0) is 10.6. The Labute approximate surface area is 84.1 Å². The minimum absolute atomic E-state index is 0.189. The molecule has 1 atom stereocenters. The van der Waals surface area contributed by atoms with Gasteiger partial charge in [-0.2, -0.15) is 0 Å². The lowest BCUT2D eigenvalue weighted by Gasteiger charge is -2.05. The van der Waals surface area contributed by atoms with Crippen LogP contribution in [-0.2, 0) is 9.59 Å². The van der Waals surface area contributed by atoms with Crippen molar-refractivity contribution in [2.24, 2.45) is 9.98 Å². The van der Waals surface area contributed by atoms with Gasteiger partial charge >= 0.3 is 0 Å². The van der Waals surface area contributed by atoms with Crippen molar-refractivity contribution in [1.29, 1.82) is 0 Å². The van der Waals surface area contributed by atoms with Crippen molar-refractivity contribution in [3.05, 3.63) is 0 Å². The topological polar surface area (TPSA) is 58.9 Å². The Morgan fingerprint density at radius 2 is 1.93 bits per heavy atom. The summed E-state index contributed by atoms with van der Waals surface area (Å²) in [6.07, 6.45) is 8.24. The summed E-state index contributed by atoms with van der Waals surface area (Å²) in [6.45, 7) is 2.39. The Bertz CT molecular complexity index is 228. The molecule has 0 aromatic rings. The van der Waals surface area contributed by atoms with Crippen molar-refractivity contribution in [1.82, 2.24) is 0 Å². The largest absolute Gasteiger partial charge is 0.235 e. The molecule has 0 aliphatic rings. The van der Waals surface area contributed by atoms with E-state index in [1.807, 2.05) is 0 Å². The van der Waals surface area contributed by atoms with Crippen LogP contribution in [0.15, 0.2) is 9.98 Å². The molecule has 4 heteroatoms. The Hall–Kier alpha value is -1.24. The van der Waals surface area contributed by atoms with E-state index in [1.54, 1.807) is 0 Å². The fraction of sp³-hybridized carbons (Fsp3) is 0.800. The van der Waals surface area contributed by atoms with Crippen molar-refractivity contribution >= 4 is 12.2 Å². The van der Waals surface area contributed by atoms with Gasteiger partial charge in [0, 0.05) is 0 Å². The molecule has 0 rings (SSSR count). The summed E-state index contributed by atoms with van der Waals surface area (Å²) in [4.78, 5) is 26.9. The summed E-state index contributed by atoms with van der Waals surface area (Å²) >= 11 is 0. The van der Waals surface area contributed by atoms with Gasteiger partial charge in [0.2, 0.25) is 12.2 Å². The second-order valence-electron chi connectivity index (χ2n) is 3.16. The molecule has 0 fully saturated rings. The predicted molar refractivity (Wildman–Crippen MR) is 53.7 cm³/mol. The van der Waals surface area contributed by atoms with Crippen LogP contribution in [0.25, 0.3) is 0 Å². The molecule has 0 saturated heterocycles. The third-order valence-electron chi connectivity index (χ3n) is 1.99. The maximum Gasteiger partial charge on any atom is 0.235 e. The highest BCUT2D eigenvalue weighted by Gasteiger charge is 2.04. The van der Waals surface area contributed by atoms with Gasteiger partial charge in [0.25, 0.3) is 0 Å². The molecule has 1 unspecified atom stereocenters. The fourth-order valence-electron chi connectivity index (χ4n) is 1.22. The molecule has 0 spiro atoms. The van der Waals surface area contributed by atoms with Crippen LogP contribution < -0.4 is 0 Å². The first-order valence-corrected chi connectivity index (χ1v) is 4.95. The number of carbonyl (C=O) groups excluding carboxylic acids is 2. The Morgan fingerprint density at radius 1 is 1.14 bits per heavy atom. The third kappa shape index (κ3) is 7.41. The van der Waals surface area contributed by atoms with Crippen molar-refractivity contribution in [2.45, 2.75) is 45.1 Å². The Kier molecular flexibility index (Phi) is 8.97. The fourth-order valence-corrected chi connectivity index (χ4v) is 1.22. The molecule has 0 aromatic carbocycles. The van der Waals surface area contributed by atoms with E-state index in [-0.39, 0.29) is 12.6 Å². The van der Waals surface area contributed by atoms with E-state index in [9.17, 15) is 9.59 Å². The summed E-state index contributed by atoms with van der Waals surface area (Å²) in [6, 6.07) is -0.189. The van der Waals surface area contributed by atoms with Gasteiger partial charge in [-0.25, -0.2) is 19.6 Å². The average Bonchev–Trinajstić information content (AvgIpc) is 2.20. The zero-order valence-electron chi connectivity index (χ0n) is 8.53. The highest BCUT2D eigenvalue weighted by Crippen LogP contribution is 2.07. The van der Waals surface area contributed by atoms with Gasteiger partial charge < -0.3 is 0 Å².